The third-order valence-electron chi connectivity index (χ3n) is 5.57. The fourth-order valence-corrected chi connectivity index (χ4v) is 3.87. The summed E-state index contributed by atoms with van der Waals surface area (Å²) in [6.45, 7) is -0.393. The number of alkyl halides is 3. The van der Waals surface area contributed by atoms with Crippen LogP contribution in [0.4, 0.5) is 19.0 Å². The van der Waals surface area contributed by atoms with Gasteiger partial charge in [-0.25, -0.2) is 0 Å². The van der Waals surface area contributed by atoms with Gasteiger partial charge >= 0.3 is 6.18 Å². The van der Waals surface area contributed by atoms with Gasteiger partial charge in [0.15, 0.2) is 17.3 Å². The highest BCUT2D eigenvalue weighted by Gasteiger charge is 2.34. The van der Waals surface area contributed by atoms with E-state index in [0.29, 0.717) is 11.6 Å². The predicted octanol–water partition coefficient (Wildman–Crippen LogP) is 3.85. The summed E-state index contributed by atoms with van der Waals surface area (Å²) >= 11 is 0. The number of hydrogen-bond donors (Lipinski definition) is 3. The fraction of sp³-hybridized carbons (Fsp3) is 0.261. The highest BCUT2D eigenvalue weighted by Crippen LogP contribution is 2.40. The molecule has 0 spiro atoms. The van der Waals surface area contributed by atoms with E-state index in [-0.39, 0.29) is 35.1 Å². The molecule has 4 rings (SSSR count). The maximum Gasteiger partial charge on any atom is 0.416 e. The molecule has 2 amide bonds. The zero-order valence-electron chi connectivity index (χ0n) is 18.2. The van der Waals surface area contributed by atoms with E-state index in [1.807, 2.05) is 0 Å². The van der Waals surface area contributed by atoms with Crippen LogP contribution in [-0.2, 0) is 17.6 Å². The Morgan fingerprint density at radius 3 is 2.71 bits per heavy atom. The molecule has 0 aliphatic carbocycles. The lowest BCUT2D eigenvalue weighted by atomic mass is 9.87. The Morgan fingerprint density at radius 1 is 1.21 bits per heavy atom. The zero-order chi connectivity index (χ0) is 24.5. The van der Waals surface area contributed by atoms with E-state index >= 15 is 0 Å². The topological polar surface area (TPSA) is 105 Å². The molecule has 11 heteroatoms. The van der Waals surface area contributed by atoms with Gasteiger partial charge < -0.3 is 20.1 Å². The van der Waals surface area contributed by atoms with Gasteiger partial charge in [-0.1, -0.05) is 12.1 Å². The molecule has 0 saturated carbocycles. The number of hydrogen-bond acceptors (Lipinski definition) is 5. The monoisotopic (exact) mass is 474 g/mol. The number of nitrogens with one attached hydrogen (secondary N) is 3. The van der Waals surface area contributed by atoms with E-state index in [9.17, 15) is 22.8 Å². The number of aromatic amines is 1. The first-order valence-corrected chi connectivity index (χ1v) is 10.3. The van der Waals surface area contributed by atoms with Crippen LogP contribution >= 0.6 is 0 Å². The number of benzene rings is 2. The minimum Gasteiger partial charge on any atom is -0.493 e. The molecule has 1 aliphatic rings. The van der Waals surface area contributed by atoms with Crippen LogP contribution in [-0.4, -0.2) is 36.2 Å². The van der Waals surface area contributed by atoms with Crippen LogP contribution in [0.1, 0.15) is 45.0 Å². The van der Waals surface area contributed by atoms with Crippen molar-refractivity contribution in [3.8, 4) is 11.5 Å². The van der Waals surface area contributed by atoms with Gasteiger partial charge in [0.25, 0.3) is 5.91 Å². The number of methoxy groups -OCH3 is 1. The van der Waals surface area contributed by atoms with Gasteiger partial charge in [-0.3, -0.25) is 14.7 Å². The second kappa shape index (κ2) is 9.08. The lowest BCUT2D eigenvalue weighted by Gasteiger charge is -2.23. The van der Waals surface area contributed by atoms with Crippen LogP contribution in [0.2, 0.25) is 0 Å². The molecule has 0 fully saturated rings. The molecule has 0 radical (unpaired) electrons. The molecule has 0 saturated heterocycles. The van der Waals surface area contributed by atoms with Gasteiger partial charge in [-0.05, 0) is 29.8 Å². The number of halogens is 3. The summed E-state index contributed by atoms with van der Waals surface area (Å²) in [7, 11) is 2.76. The number of amides is 2. The largest absolute Gasteiger partial charge is 0.493 e. The SMILES string of the molecule is CNC(=O)c1ccc(COc2ccc(C3CC(=O)Nc4n[nH]cc43)cc2OC)c(C(F)(F)F)c1. The number of fused-ring (bicyclic) bond motifs is 1. The van der Waals surface area contributed by atoms with Gasteiger partial charge in [-0.2, -0.15) is 18.3 Å². The van der Waals surface area contributed by atoms with Gasteiger partial charge in [0.05, 0.1) is 12.7 Å². The Balaban J connectivity index is 1.59. The molecule has 2 aromatic carbocycles. The molecule has 8 nitrogen and oxygen atoms in total. The Morgan fingerprint density at radius 2 is 2.00 bits per heavy atom. The predicted molar refractivity (Wildman–Crippen MR) is 116 cm³/mol. The Kier molecular flexibility index (Phi) is 6.18. The number of anilines is 1. The molecule has 3 aromatic rings. The average Bonchev–Trinajstić information content (AvgIpc) is 3.29. The number of rotatable bonds is 6. The Hall–Kier alpha value is -4.02. The molecule has 1 atom stereocenters. The van der Waals surface area contributed by atoms with Crippen LogP contribution in [0, 0.1) is 0 Å². The van der Waals surface area contributed by atoms with Crippen molar-refractivity contribution in [1.82, 2.24) is 15.5 Å². The van der Waals surface area contributed by atoms with Crippen molar-refractivity contribution < 1.29 is 32.2 Å². The Bertz CT molecular complexity index is 1240. The van der Waals surface area contributed by atoms with E-state index in [1.54, 1.807) is 24.4 Å². The van der Waals surface area contributed by atoms with Crippen molar-refractivity contribution >= 4 is 17.6 Å². The normalized spacial score (nSPS) is 15.3. The van der Waals surface area contributed by atoms with E-state index in [2.05, 4.69) is 20.8 Å². The van der Waals surface area contributed by atoms with Crippen molar-refractivity contribution in [2.45, 2.75) is 25.1 Å². The molecule has 3 N–H and O–H groups in total. The first-order chi connectivity index (χ1) is 16.2. The first kappa shape index (κ1) is 23.1. The average molecular weight is 474 g/mol. The molecule has 1 aromatic heterocycles. The highest BCUT2D eigenvalue weighted by atomic mass is 19.4. The first-order valence-electron chi connectivity index (χ1n) is 10.3. The van der Waals surface area contributed by atoms with Gasteiger partial charge in [0, 0.05) is 42.3 Å². The van der Waals surface area contributed by atoms with E-state index in [0.717, 1.165) is 17.2 Å². The maximum atomic E-state index is 13.6. The number of H-pyrrole nitrogens is 1. The second-order valence-corrected chi connectivity index (χ2v) is 7.64. The summed E-state index contributed by atoms with van der Waals surface area (Å²) in [5.74, 6) is -0.0531. The summed E-state index contributed by atoms with van der Waals surface area (Å²) in [5, 5.41) is 11.8. The quantitative estimate of drug-likeness (QED) is 0.503. The van der Waals surface area contributed by atoms with Crippen molar-refractivity contribution in [1.29, 1.82) is 0 Å². The van der Waals surface area contributed by atoms with Crippen LogP contribution < -0.4 is 20.1 Å². The van der Waals surface area contributed by atoms with E-state index in [4.69, 9.17) is 9.47 Å². The number of ether oxygens (including phenoxy) is 2. The van der Waals surface area contributed by atoms with E-state index in [1.165, 1.54) is 26.3 Å². The van der Waals surface area contributed by atoms with Gasteiger partial charge in [-0.15, -0.1) is 0 Å². The summed E-state index contributed by atoms with van der Waals surface area (Å²) < 4.78 is 51.9. The van der Waals surface area contributed by atoms with Crippen LogP contribution in [0.15, 0.2) is 42.6 Å². The smallest absolute Gasteiger partial charge is 0.416 e. The third kappa shape index (κ3) is 4.54. The molecule has 178 valence electrons. The highest BCUT2D eigenvalue weighted by molar-refractivity contribution is 5.94. The summed E-state index contributed by atoms with van der Waals surface area (Å²) in [4.78, 5) is 23.8. The maximum absolute atomic E-state index is 13.6. The number of carbonyl (C=O) groups is 2. The Labute approximate surface area is 192 Å². The molecular formula is C23H21F3N4O4. The van der Waals surface area contributed by atoms with Crippen molar-refractivity contribution in [2.75, 3.05) is 19.5 Å². The standard InChI is InChI=1S/C23H21F3N4O4/c1-27-22(32)13-3-4-14(17(7-13)23(24,25)26)11-34-18-6-5-12(8-19(18)33-2)15-9-20(31)29-21-16(15)10-28-30-21/h3-8,10,15H,9,11H2,1-2H3,(H,27,32)(H2,28,29,30,31). The van der Waals surface area contributed by atoms with Crippen molar-refractivity contribution in [3.05, 3.63) is 70.4 Å². The van der Waals surface area contributed by atoms with E-state index < -0.39 is 24.3 Å². The number of carbonyl (C=O) groups excluding carboxylic acids is 2. The van der Waals surface area contributed by atoms with Crippen molar-refractivity contribution in [2.24, 2.45) is 0 Å². The van der Waals surface area contributed by atoms with Crippen LogP contribution in [0.5, 0.6) is 11.5 Å². The minimum absolute atomic E-state index is 0.101. The lowest BCUT2D eigenvalue weighted by molar-refractivity contribution is -0.138. The lowest BCUT2D eigenvalue weighted by Crippen LogP contribution is -2.23. The molecule has 0 bridgehead atoms. The summed E-state index contributed by atoms with van der Waals surface area (Å²) in [6, 6.07) is 8.34. The molecule has 34 heavy (non-hydrogen) atoms. The summed E-state index contributed by atoms with van der Waals surface area (Å²) in [5.41, 5.74) is 0.410. The van der Waals surface area contributed by atoms with Gasteiger partial charge in [0.2, 0.25) is 5.91 Å². The number of nitrogens with zero attached hydrogens (tertiary/aromatic N) is 1. The molecule has 1 aliphatic heterocycles. The second-order valence-electron chi connectivity index (χ2n) is 7.64. The van der Waals surface area contributed by atoms with Crippen LogP contribution in [0.3, 0.4) is 0 Å². The number of aromatic nitrogens is 2. The van der Waals surface area contributed by atoms with Gasteiger partial charge in [0.1, 0.15) is 6.61 Å². The zero-order valence-corrected chi connectivity index (χ0v) is 18.2. The minimum atomic E-state index is -4.67. The third-order valence-corrected chi connectivity index (χ3v) is 5.57. The van der Waals surface area contributed by atoms with Crippen LogP contribution in [0.25, 0.3) is 0 Å². The summed E-state index contributed by atoms with van der Waals surface area (Å²) in [6.07, 6.45) is -2.75. The van der Waals surface area contributed by atoms with Crippen molar-refractivity contribution in [3.63, 3.8) is 0 Å². The molecular weight excluding hydrogens is 453 g/mol. The molecule has 1 unspecified atom stereocenters. The fourth-order valence-electron chi connectivity index (χ4n) is 3.87. The molecule has 2 heterocycles.